The Bertz CT molecular complexity index is 2000. The molecule has 18 nitrogen and oxygen atoms in total. The molecule has 1 fully saturated rings. The molecule has 2 unspecified atom stereocenters. The van der Waals surface area contributed by atoms with Crippen LogP contribution in [0.15, 0.2) is 78.2 Å². The highest BCUT2D eigenvalue weighted by Crippen LogP contribution is 2.35. The van der Waals surface area contributed by atoms with Gasteiger partial charge in [-0.3, -0.25) is 39.5 Å². The lowest BCUT2D eigenvalue weighted by atomic mass is 9.95. The lowest BCUT2D eigenvalue weighted by molar-refractivity contribution is -0.385. The number of alkyl carbamates (subject to hydrolysis) is 1. The number of carbonyl (C=O) groups is 5. The van der Waals surface area contributed by atoms with Crippen molar-refractivity contribution in [3.8, 4) is 17.2 Å². The summed E-state index contributed by atoms with van der Waals surface area (Å²) in [6.07, 6.45) is -1.07. The minimum Gasteiger partial charge on any atom is -0.509 e. The third-order valence-corrected chi connectivity index (χ3v) is 8.70. The SMILES string of the molecule is N#Cc1ccccc1-c1cc([N+](=O)[O-])ccc1COC(=O)NCC(=O)NC1C(=O)N(C(C(=O)OCc2ccc([N+](=O)[O-])cc2)=C(O)CBr)C1SC=O. The Hall–Kier alpha value is -6.33. The number of esters is 1. The van der Waals surface area contributed by atoms with Crippen LogP contribution in [0.1, 0.15) is 16.7 Å². The highest BCUT2D eigenvalue weighted by molar-refractivity contribution is 9.09. The molecule has 1 saturated heterocycles. The molecule has 0 spiro atoms. The molecule has 0 saturated carbocycles. The van der Waals surface area contributed by atoms with Gasteiger partial charge in [0, 0.05) is 29.8 Å². The maximum absolute atomic E-state index is 13.2. The largest absolute Gasteiger partial charge is 0.509 e. The zero-order valence-corrected chi connectivity index (χ0v) is 28.8. The first-order chi connectivity index (χ1) is 24.9. The van der Waals surface area contributed by atoms with E-state index in [0.29, 0.717) is 34.1 Å². The number of nitrogens with one attached hydrogen (secondary N) is 2. The summed E-state index contributed by atoms with van der Waals surface area (Å²) in [6.45, 7) is -1.48. The van der Waals surface area contributed by atoms with Gasteiger partial charge in [0.25, 0.3) is 17.3 Å². The zero-order valence-electron chi connectivity index (χ0n) is 26.4. The van der Waals surface area contributed by atoms with Crippen molar-refractivity contribution in [2.75, 3.05) is 11.9 Å². The maximum Gasteiger partial charge on any atom is 0.407 e. The van der Waals surface area contributed by atoms with Crippen LogP contribution in [0, 0.1) is 31.6 Å². The lowest BCUT2D eigenvalue weighted by Crippen LogP contribution is -2.70. The van der Waals surface area contributed by atoms with Gasteiger partial charge in [0.2, 0.25) is 5.91 Å². The van der Waals surface area contributed by atoms with Crippen LogP contribution in [-0.2, 0) is 41.9 Å². The highest BCUT2D eigenvalue weighted by Gasteiger charge is 2.53. The van der Waals surface area contributed by atoms with Crippen molar-refractivity contribution >= 4 is 68.6 Å². The molecule has 3 aromatic carbocycles. The molecule has 52 heavy (non-hydrogen) atoms. The van der Waals surface area contributed by atoms with Crippen LogP contribution in [-0.4, -0.2) is 72.6 Å². The maximum atomic E-state index is 13.2. The summed E-state index contributed by atoms with van der Waals surface area (Å²) in [6, 6.07) is 15.9. The van der Waals surface area contributed by atoms with E-state index in [1.807, 2.05) is 6.07 Å². The number of likely N-dealkylation sites (tertiary alicyclic amines) is 1. The number of allylic oxidation sites excluding steroid dienone is 1. The number of hydrogen-bond donors (Lipinski definition) is 3. The van der Waals surface area contributed by atoms with Crippen LogP contribution >= 0.6 is 27.7 Å². The molecule has 0 bridgehead atoms. The topological polar surface area (TPSA) is 261 Å². The second-order valence-corrected chi connectivity index (χ2v) is 12.0. The standard InChI is InChI=1S/C32H25BrN6O12S/c33-12-25(41)28(31(44)50-15-18-5-8-21(9-6-18)38(46)47)37-29(43)27(30(37)52-17-40)36-26(42)14-35-32(45)51-16-20-7-10-22(39(48)49)11-24(20)23-4-2-1-3-19(23)13-34/h1-11,17,27,30,41H,12,14-16H2,(H,35,45)(H,36,42). The fraction of sp³-hybridized carbons (Fsp3) is 0.188. The van der Waals surface area contributed by atoms with Gasteiger partial charge in [-0.25, -0.2) is 9.59 Å². The molecule has 268 valence electrons. The predicted octanol–water partition coefficient (Wildman–Crippen LogP) is 3.75. The number of benzene rings is 3. The molecule has 2 atom stereocenters. The number of carbonyl (C=O) groups excluding carboxylic acids is 5. The Kier molecular flexibility index (Phi) is 13.0. The number of rotatable bonds is 15. The summed E-state index contributed by atoms with van der Waals surface area (Å²) < 4.78 is 10.4. The Morgan fingerprint density at radius 1 is 1.00 bits per heavy atom. The normalized spacial score (nSPS) is 15.2. The third-order valence-electron chi connectivity index (χ3n) is 7.30. The molecule has 1 aliphatic heterocycles. The molecule has 0 radical (unpaired) electrons. The number of nitro groups is 2. The molecule has 0 aromatic heterocycles. The number of hydrogen-bond acceptors (Lipinski definition) is 14. The van der Waals surface area contributed by atoms with Crippen molar-refractivity contribution in [3.05, 3.63) is 115 Å². The Labute approximate surface area is 305 Å². The van der Waals surface area contributed by atoms with E-state index in [2.05, 4.69) is 26.6 Å². The van der Waals surface area contributed by atoms with Gasteiger partial charge in [-0.05, 0) is 41.0 Å². The first kappa shape index (κ1) is 38.5. The zero-order chi connectivity index (χ0) is 37.9. The number of halogens is 1. The van der Waals surface area contributed by atoms with Crippen molar-refractivity contribution in [1.82, 2.24) is 15.5 Å². The van der Waals surface area contributed by atoms with E-state index in [0.717, 1.165) is 4.90 Å². The fourth-order valence-corrected chi connectivity index (χ4v) is 5.87. The molecule has 3 N–H and O–H groups in total. The summed E-state index contributed by atoms with van der Waals surface area (Å²) in [5.74, 6) is -3.57. The summed E-state index contributed by atoms with van der Waals surface area (Å²) in [7, 11) is 0. The predicted molar refractivity (Wildman–Crippen MR) is 185 cm³/mol. The van der Waals surface area contributed by atoms with Gasteiger partial charge >= 0.3 is 12.1 Å². The van der Waals surface area contributed by atoms with E-state index in [4.69, 9.17) is 9.47 Å². The van der Waals surface area contributed by atoms with Crippen LogP contribution in [0.3, 0.4) is 0 Å². The van der Waals surface area contributed by atoms with E-state index in [-0.39, 0.29) is 34.4 Å². The molecular weight excluding hydrogens is 772 g/mol. The van der Waals surface area contributed by atoms with Gasteiger partial charge in [0.1, 0.15) is 36.9 Å². The lowest BCUT2D eigenvalue weighted by Gasteiger charge is -2.45. The minimum absolute atomic E-state index is 0.191. The van der Waals surface area contributed by atoms with Crippen molar-refractivity contribution in [2.45, 2.75) is 24.6 Å². The number of aliphatic hydroxyl groups is 1. The minimum atomic E-state index is -1.37. The van der Waals surface area contributed by atoms with Crippen LogP contribution < -0.4 is 10.6 Å². The Morgan fingerprint density at radius 2 is 1.67 bits per heavy atom. The van der Waals surface area contributed by atoms with Gasteiger partial charge in [-0.2, -0.15) is 5.26 Å². The van der Waals surface area contributed by atoms with E-state index in [1.165, 1.54) is 48.5 Å². The number of amides is 3. The second kappa shape index (κ2) is 17.6. The summed E-state index contributed by atoms with van der Waals surface area (Å²) in [5, 5.41) is 45.3. The van der Waals surface area contributed by atoms with Crippen LogP contribution in [0.2, 0.25) is 0 Å². The third kappa shape index (κ3) is 9.06. The van der Waals surface area contributed by atoms with Gasteiger partial charge in [0.15, 0.2) is 11.3 Å². The summed E-state index contributed by atoms with van der Waals surface area (Å²) >= 11 is 3.50. The van der Waals surface area contributed by atoms with Crippen LogP contribution in [0.5, 0.6) is 0 Å². The highest BCUT2D eigenvalue weighted by atomic mass is 79.9. The van der Waals surface area contributed by atoms with Gasteiger partial charge < -0.3 is 25.2 Å². The molecule has 1 aliphatic rings. The number of nitro benzene ring substituents is 2. The first-order valence-electron chi connectivity index (χ1n) is 14.7. The Balaban J connectivity index is 1.37. The smallest absolute Gasteiger partial charge is 0.407 e. The van der Waals surface area contributed by atoms with Crippen molar-refractivity contribution < 1.29 is 48.4 Å². The van der Waals surface area contributed by atoms with Crippen molar-refractivity contribution in [3.63, 3.8) is 0 Å². The van der Waals surface area contributed by atoms with Crippen LogP contribution in [0.4, 0.5) is 16.2 Å². The molecule has 4 rings (SSSR count). The van der Waals surface area contributed by atoms with E-state index >= 15 is 0 Å². The molecule has 3 aromatic rings. The first-order valence-corrected chi connectivity index (χ1v) is 16.7. The molecule has 20 heteroatoms. The van der Waals surface area contributed by atoms with Gasteiger partial charge in [-0.1, -0.05) is 45.9 Å². The summed E-state index contributed by atoms with van der Waals surface area (Å²) in [4.78, 5) is 84.6. The van der Waals surface area contributed by atoms with Crippen molar-refractivity contribution in [1.29, 1.82) is 5.26 Å². The van der Waals surface area contributed by atoms with E-state index < -0.39 is 69.7 Å². The van der Waals surface area contributed by atoms with E-state index in [1.54, 1.807) is 18.2 Å². The molecule has 1 heterocycles. The Morgan fingerprint density at radius 3 is 2.31 bits per heavy atom. The number of nitrogens with zero attached hydrogens (tertiary/aromatic N) is 4. The second-order valence-electron chi connectivity index (χ2n) is 10.5. The van der Waals surface area contributed by atoms with E-state index in [9.17, 15) is 54.6 Å². The van der Waals surface area contributed by atoms with Crippen LogP contribution in [0.25, 0.3) is 11.1 Å². The molecule has 3 amide bonds. The number of aliphatic hydroxyl groups excluding tert-OH is 1. The number of nitriles is 1. The average Bonchev–Trinajstić information content (AvgIpc) is 3.15. The number of β-lactam (4-membered cyclic amide) rings is 1. The quantitative estimate of drug-likeness (QED) is 0.0289. The number of thioether (sulfide) groups is 1. The fourth-order valence-electron chi connectivity index (χ4n) is 4.82. The molecule has 0 aliphatic carbocycles. The number of non-ortho nitro benzene ring substituents is 2. The van der Waals surface area contributed by atoms with Gasteiger partial charge in [-0.15, -0.1) is 0 Å². The van der Waals surface area contributed by atoms with Gasteiger partial charge in [0.05, 0.1) is 26.8 Å². The van der Waals surface area contributed by atoms with Crippen molar-refractivity contribution in [2.24, 2.45) is 0 Å². The molecular formula is C32H25BrN6O12S. The average molecular weight is 798 g/mol. The number of alkyl halides is 1. The number of ether oxygens (including phenoxy) is 2. The summed E-state index contributed by atoms with van der Waals surface area (Å²) in [5.41, 5.74) is 0.846. The monoisotopic (exact) mass is 796 g/mol.